The van der Waals surface area contributed by atoms with Crippen molar-refractivity contribution in [3.05, 3.63) is 60.7 Å². The van der Waals surface area contributed by atoms with Crippen molar-refractivity contribution in [2.75, 3.05) is 30.6 Å². The van der Waals surface area contributed by atoms with Gasteiger partial charge in [0.1, 0.15) is 0 Å². The number of amides is 2. The quantitative estimate of drug-likeness (QED) is 0.823. The third kappa shape index (κ3) is 4.66. The van der Waals surface area contributed by atoms with Crippen molar-refractivity contribution >= 4 is 26.0 Å². The molecule has 6 heteroatoms. The van der Waals surface area contributed by atoms with Gasteiger partial charge in [-0.25, -0.2) is 4.79 Å². The number of urea groups is 1. The van der Waals surface area contributed by atoms with E-state index in [0.29, 0.717) is 6.17 Å². The van der Waals surface area contributed by atoms with Gasteiger partial charge in [-0.3, -0.25) is 4.90 Å². The molecule has 0 aliphatic heterocycles. The van der Waals surface area contributed by atoms with E-state index < -0.39 is 8.56 Å². The maximum atomic E-state index is 12.7. The first kappa shape index (κ1) is 17.2. The van der Waals surface area contributed by atoms with Crippen LogP contribution >= 0.6 is 0 Å². The van der Waals surface area contributed by atoms with Crippen LogP contribution in [-0.2, 0) is 8.85 Å². The van der Waals surface area contributed by atoms with E-state index in [1.54, 1.807) is 19.1 Å². The Hall–Kier alpha value is -2.15. The zero-order valence-corrected chi connectivity index (χ0v) is 14.7. The molecule has 0 bridgehead atoms. The maximum absolute atomic E-state index is 12.7. The van der Waals surface area contributed by atoms with Gasteiger partial charge in [0, 0.05) is 25.6 Å². The number of hydrogen-bond acceptors (Lipinski definition) is 3. The Balaban J connectivity index is 2.24. The number of carbonyl (C=O) groups is 1. The lowest BCUT2D eigenvalue weighted by Gasteiger charge is -2.31. The molecule has 0 aliphatic carbocycles. The number of nitrogens with one attached hydrogen (secondary N) is 1. The van der Waals surface area contributed by atoms with E-state index in [0.717, 1.165) is 11.4 Å². The highest BCUT2D eigenvalue weighted by Crippen LogP contribution is 2.19. The maximum Gasteiger partial charge on any atom is 0.355 e. The molecule has 0 heterocycles. The summed E-state index contributed by atoms with van der Waals surface area (Å²) in [5.74, 6) is 0. The summed E-state index contributed by atoms with van der Waals surface area (Å²) in [4.78, 5) is 14.4. The first-order valence-electron chi connectivity index (χ1n) is 7.37. The minimum Gasteiger partial charge on any atom is -0.397 e. The lowest BCUT2D eigenvalue weighted by atomic mass is 10.3. The number of benzene rings is 2. The average molecular weight is 330 g/mol. The summed E-state index contributed by atoms with van der Waals surface area (Å²) in [6.07, 6.45) is 0.392. The highest BCUT2D eigenvalue weighted by atomic mass is 28.4. The molecule has 0 fully saturated rings. The summed E-state index contributed by atoms with van der Waals surface area (Å²) < 4.78 is 11.1. The lowest BCUT2D eigenvalue weighted by molar-refractivity contribution is 0.243. The highest BCUT2D eigenvalue weighted by Gasteiger charge is 2.34. The molecule has 23 heavy (non-hydrogen) atoms. The van der Waals surface area contributed by atoms with Gasteiger partial charge in [-0.15, -0.1) is 0 Å². The molecule has 0 saturated carbocycles. The predicted octanol–water partition coefficient (Wildman–Crippen LogP) is 3.63. The van der Waals surface area contributed by atoms with Crippen LogP contribution in [0.1, 0.15) is 0 Å². The fourth-order valence-electron chi connectivity index (χ4n) is 2.10. The number of nitrogens with zero attached hydrogens (tertiary/aromatic N) is 1. The van der Waals surface area contributed by atoms with Crippen LogP contribution in [0.15, 0.2) is 60.7 Å². The normalized spacial score (nSPS) is 11.1. The Morgan fingerprint density at radius 3 is 2.04 bits per heavy atom. The predicted molar refractivity (Wildman–Crippen MR) is 94.9 cm³/mol. The van der Waals surface area contributed by atoms with E-state index in [9.17, 15) is 4.79 Å². The fourth-order valence-corrected chi connectivity index (χ4v) is 3.43. The summed E-state index contributed by atoms with van der Waals surface area (Å²) in [6, 6.07) is 18.7. The molecule has 5 nitrogen and oxygen atoms in total. The van der Waals surface area contributed by atoms with Gasteiger partial charge in [0.15, 0.2) is 0 Å². The largest absolute Gasteiger partial charge is 0.397 e. The van der Waals surface area contributed by atoms with Crippen LogP contribution in [0.3, 0.4) is 0 Å². The van der Waals surface area contributed by atoms with Crippen molar-refractivity contribution in [3.8, 4) is 0 Å². The summed E-state index contributed by atoms with van der Waals surface area (Å²) >= 11 is 0. The van der Waals surface area contributed by atoms with Crippen LogP contribution in [0.25, 0.3) is 0 Å². The lowest BCUT2D eigenvalue weighted by Crippen LogP contribution is -2.52. The van der Waals surface area contributed by atoms with E-state index in [4.69, 9.17) is 8.85 Å². The van der Waals surface area contributed by atoms with Crippen LogP contribution in [0, 0.1) is 0 Å². The standard InChI is InChI=1S/C17H22N2O3Si/c1-21-23(3,22-2)14-19(16-12-8-5-9-13-16)17(20)18-15-10-6-4-7-11-15/h4-13H,14H2,1-3H3,(H,18,20). The number of carbonyl (C=O) groups excluding carboxylic acids is 1. The number of para-hydroxylation sites is 2. The van der Waals surface area contributed by atoms with Crippen molar-refractivity contribution in [2.45, 2.75) is 6.55 Å². The monoisotopic (exact) mass is 330 g/mol. The van der Waals surface area contributed by atoms with Gasteiger partial charge < -0.3 is 14.2 Å². The second-order valence-corrected chi connectivity index (χ2v) is 8.66. The first-order valence-corrected chi connectivity index (χ1v) is 9.89. The van der Waals surface area contributed by atoms with Gasteiger partial charge in [0.2, 0.25) is 0 Å². The van der Waals surface area contributed by atoms with Crippen LogP contribution in [0.4, 0.5) is 16.2 Å². The number of hydrogen-bond donors (Lipinski definition) is 1. The Morgan fingerprint density at radius 1 is 1.00 bits per heavy atom. The molecule has 2 rings (SSSR count). The van der Waals surface area contributed by atoms with E-state index >= 15 is 0 Å². The molecule has 122 valence electrons. The van der Waals surface area contributed by atoms with E-state index in [-0.39, 0.29) is 6.03 Å². The molecule has 0 radical (unpaired) electrons. The molecule has 0 spiro atoms. The molecule has 0 aromatic heterocycles. The zero-order chi connectivity index (χ0) is 16.7. The third-order valence-electron chi connectivity index (χ3n) is 3.65. The van der Waals surface area contributed by atoms with Crippen molar-refractivity contribution in [3.63, 3.8) is 0 Å². The first-order chi connectivity index (χ1) is 11.1. The Morgan fingerprint density at radius 2 is 1.52 bits per heavy atom. The van der Waals surface area contributed by atoms with Crippen LogP contribution in [0.2, 0.25) is 6.55 Å². The molecule has 2 aromatic rings. The van der Waals surface area contributed by atoms with Crippen LogP contribution in [0.5, 0.6) is 0 Å². The van der Waals surface area contributed by atoms with Gasteiger partial charge in [0.05, 0.1) is 6.17 Å². The fraction of sp³-hybridized carbons (Fsp3) is 0.235. The summed E-state index contributed by atoms with van der Waals surface area (Å²) in [7, 11) is 0.780. The van der Waals surface area contributed by atoms with Crippen molar-refractivity contribution in [1.29, 1.82) is 0 Å². The number of anilines is 2. The van der Waals surface area contributed by atoms with Gasteiger partial charge in [-0.05, 0) is 30.8 Å². The Labute approximate surface area is 138 Å². The molecule has 0 saturated heterocycles. The SMILES string of the molecule is CO[Si](C)(CN(C(=O)Nc1ccccc1)c1ccccc1)OC. The van der Waals surface area contributed by atoms with Crippen molar-refractivity contribution in [2.24, 2.45) is 0 Å². The van der Waals surface area contributed by atoms with Gasteiger partial charge >= 0.3 is 14.6 Å². The molecule has 1 N–H and O–H groups in total. The smallest absolute Gasteiger partial charge is 0.355 e. The molecule has 2 aromatic carbocycles. The van der Waals surface area contributed by atoms with Crippen LogP contribution in [-0.4, -0.2) is 35.0 Å². The van der Waals surface area contributed by atoms with Crippen LogP contribution < -0.4 is 10.2 Å². The topological polar surface area (TPSA) is 50.8 Å². The minimum absolute atomic E-state index is 0.213. The molecular formula is C17H22N2O3Si. The third-order valence-corrected chi connectivity index (χ3v) is 6.26. The molecular weight excluding hydrogens is 308 g/mol. The van der Waals surface area contributed by atoms with E-state index in [1.807, 2.05) is 67.2 Å². The van der Waals surface area contributed by atoms with Crippen molar-refractivity contribution < 1.29 is 13.6 Å². The molecule has 0 unspecified atom stereocenters. The Bertz CT molecular complexity index is 618. The van der Waals surface area contributed by atoms with E-state index in [1.165, 1.54) is 0 Å². The second kappa shape index (κ2) is 7.91. The average Bonchev–Trinajstić information content (AvgIpc) is 2.61. The van der Waals surface area contributed by atoms with Crippen molar-refractivity contribution in [1.82, 2.24) is 0 Å². The van der Waals surface area contributed by atoms with E-state index in [2.05, 4.69) is 5.32 Å². The molecule has 0 aliphatic rings. The molecule has 0 atom stereocenters. The number of rotatable bonds is 6. The minimum atomic E-state index is -2.46. The van der Waals surface area contributed by atoms with Gasteiger partial charge in [-0.2, -0.15) is 0 Å². The second-order valence-electron chi connectivity index (χ2n) is 5.26. The summed E-state index contributed by atoms with van der Waals surface area (Å²) in [6.45, 7) is 1.93. The van der Waals surface area contributed by atoms with Gasteiger partial charge in [-0.1, -0.05) is 36.4 Å². The summed E-state index contributed by atoms with van der Waals surface area (Å²) in [5, 5.41) is 2.91. The molecule has 2 amide bonds. The zero-order valence-electron chi connectivity index (χ0n) is 13.7. The van der Waals surface area contributed by atoms with Gasteiger partial charge in [0.25, 0.3) is 0 Å². The highest BCUT2D eigenvalue weighted by molar-refractivity contribution is 6.67. The summed E-state index contributed by atoms with van der Waals surface area (Å²) in [5.41, 5.74) is 1.55. The Kier molecular flexibility index (Phi) is 5.92.